The number of nitrogens with zero attached hydrogens (tertiary/aromatic N) is 2. The van der Waals surface area contributed by atoms with Gasteiger partial charge in [0.1, 0.15) is 5.82 Å². The largest absolute Gasteiger partial charge is 0.383 e. The fourth-order valence-electron chi connectivity index (χ4n) is 2.63. The van der Waals surface area contributed by atoms with E-state index in [4.69, 9.17) is 4.74 Å². The third-order valence-electron chi connectivity index (χ3n) is 3.77. The van der Waals surface area contributed by atoms with Crippen molar-refractivity contribution >= 4 is 21.7 Å². The highest BCUT2D eigenvalue weighted by atomic mass is 79.9. The summed E-state index contributed by atoms with van der Waals surface area (Å²) in [6, 6.07) is 4.20. The molecule has 1 N–H and O–H groups in total. The Morgan fingerprint density at radius 1 is 1.50 bits per heavy atom. The molecule has 0 amide bonds. The van der Waals surface area contributed by atoms with Gasteiger partial charge >= 0.3 is 0 Å². The predicted octanol–water partition coefficient (Wildman–Crippen LogP) is 2.60. The third kappa shape index (κ3) is 4.43. The second-order valence-corrected chi connectivity index (χ2v) is 6.24. The number of aryl methyl sites for hydroxylation is 1. The lowest BCUT2D eigenvalue weighted by Crippen LogP contribution is -2.40. The van der Waals surface area contributed by atoms with Crippen LogP contribution in [0.15, 0.2) is 16.6 Å². The van der Waals surface area contributed by atoms with E-state index in [0.717, 1.165) is 48.8 Å². The lowest BCUT2D eigenvalue weighted by molar-refractivity contribution is 0.197. The Morgan fingerprint density at radius 2 is 2.35 bits per heavy atom. The molecule has 1 aliphatic heterocycles. The molecule has 1 aromatic rings. The Labute approximate surface area is 130 Å². The van der Waals surface area contributed by atoms with Crippen LogP contribution in [0.1, 0.15) is 18.5 Å². The summed E-state index contributed by atoms with van der Waals surface area (Å²) in [6.45, 7) is 7.03. The number of piperidine rings is 1. The number of aromatic nitrogens is 1. The van der Waals surface area contributed by atoms with Gasteiger partial charge in [0.05, 0.1) is 12.3 Å². The maximum Gasteiger partial charge on any atom is 0.128 e. The Balaban J connectivity index is 1.87. The van der Waals surface area contributed by atoms with E-state index in [2.05, 4.69) is 43.3 Å². The van der Waals surface area contributed by atoms with E-state index in [0.29, 0.717) is 5.92 Å². The first-order chi connectivity index (χ1) is 9.70. The van der Waals surface area contributed by atoms with Gasteiger partial charge in [0.15, 0.2) is 0 Å². The zero-order valence-electron chi connectivity index (χ0n) is 12.4. The zero-order valence-corrected chi connectivity index (χ0v) is 13.9. The molecule has 0 saturated carbocycles. The minimum atomic E-state index is 0.700. The summed E-state index contributed by atoms with van der Waals surface area (Å²) in [5.74, 6) is 1.80. The Morgan fingerprint density at radius 3 is 3.10 bits per heavy atom. The summed E-state index contributed by atoms with van der Waals surface area (Å²) in [5, 5.41) is 3.47. The van der Waals surface area contributed by atoms with Crippen LogP contribution >= 0.6 is 15.9 Å². The van der Waals surface area contributed by atoms with E-state index in [1.807, 2.05) is 6.92 Å². The molecule has 5 heteroatoms. The third-order valence-corrected chi connectivity index (χ3v) is 4.60. The van der Waals surface area contributed by atoms with Gasteiger partial charge in [0, 0.05) is 31.2 Å². The van der Waals surface area contributed by atoms with Gasteiger partial charge in [-0.05, 0) is 60.3 Å². The molecule has 112 valence electrons. The van der Waals surface area contributed by atoms with Crippen LogP contribution in [-0.2, 0) is 4.74 Å². The number of hydrogen-bond donors (Lipinski definition) is 1. The first kappa shape index (κ1) is 15.7. The predicted molar refractivity (Wildman–Crippen MR) is 86.4 cm³/mol. The monoisotopic (exact) mass is 341 g/mol. The van der Waals surface area contributed by atoms with Crippen LogP contribution in [-0.4, -0.2) is 44.9 Å². The molecule has 1 fully saturated rings. The van der Waals surface area contributed by atoms with Crippen molar-refractivity contribution in [2.24, 2.45) is 5.92 Å². The van der Waals surface area contributed by atoms with Gasteiger partial charge in [-0.15, -0.1) is 0 Å². The van der Waals surface area contributed by atoms with Crippen LogP contribution < -0.4 is 10.2 Å². The number of anilines is 1. The first-order valence-corrected chi connectivity index (χ1v) is 8.07. The number of pyridine rings is 1. The molecule has 4 nitrogen and oxygen atoms in total. The summed E-state index contributed by atoms with van der Waals surface area (Å²) in [4.78, 5) is 7.09. The zero-order chi connectivity index (χ0) is 14.4. The molecule has 0 aliphatic carbocycles. The number of nitrogens with one attached hydrogen (secondary N) is 1. The molecule has 0 aromatic carbocycles. The SMILES string of the molecule is COCCNCC1CCCN(c2ccc(Br)c(C)n2)C1. The normalized spacial score (nSPS) is 19.4. The number of halogens is 1. The van der Waals surface area contributed by atoms with Gasteiger partial charge in [0.2, 0.25) is 0 Å². The second kappa shape index (κ2) is 7.96. The molecule has 0 spiro atoms. The molecule has 1 unspecified atom stereocenters. The highest BCUT2D eigenvalue weighted by Gasteiger charge is 2.20. The fourth-order valence-corrected chi connectivity index (χ4v) is 2.85. The number of rotatable bonds is 6. The summed E-state index contributed by atoms with van der Waals surface area (Å²) in [6.07, 6.45) is 2.54. The van der Waals surface area contributed by atoms with Gasteiger partial charge in [0.25, 0.3) is 0 Å². The van der Waals surface area contributed by atoms with Crippen LogP contribution in [0.25, 0.3) is 0 Å². The average molecular weight is 342 g/mol. The van der Waals surface area contributed by atoms with Gasteiger partial charge in [-0.2, -0.15) is 0 Å². The topological polar surface area (TPSA) is 37.4 Å². The summed E-state index contributed by atoms with van der Waals surface area (Å²) in [5.41, 5.74) is 1.06. The molecule has 2 heterocycles. The maximum absolute atomic E-state index is 5.06. The van der Waals surface area contributed by atoms with Crippen LogP contribution in [0.2, 0.25) is 0 Å². The van der Waals surface area contributed by atoms with Crippen molar-refractivity contribution in [2.75, 3.05) is 44.8 Å². The highest BCUT2D eigenvalue weighted by molar-refractivity contribution is 9.10. The van der Waals surface area contributed by atoms with Crippen molar-refractivity contribution in [2.45, 2.75) is 19.8 Å². The van der Waals surface area contributed by atoms with Crippen molar-refractivity contribution in [3.8, 4) is 0 Å². The molecule has 1 saturated heterocycles. The van der Waals surface area contributed by atoms with Crippen LogP contribution in [0.4, 0.5) is 5.82 Å². The molecule has 0 bridgehead atoms. The second-order valence-electron chi connectivity index (χ2n) is 5.39. The smallest absolute Gasteiger partial charge is 0.128 e. The number of hydrogen-bond acceptors (Lipinski definition) is 4. The molecule has 20 heavy (non-hydrogen) atoms. The number of ether oxygens (including phenoxy) is 1. The van der Waals surface area contributed by atoms with Crippen molar-refractivity contribution in [3.63, 3.8) is 0 Å². The van der Waals surface area contributed by atoms with Crippen molar-refractivity contribution < 1.29 is 4.74 Å². The standard InChI is InChI=1S/C15H24BrN3O/c1-12-14(16)5-6-15(18-12)19-8-3-4-13(11-19)10-17-7-9-20-2/h5-6,13,17H,3-4,7-11H2,1-2H3. The lowest BCUT2D eigenvalue weighted by Gasteiger charge is -2.34. The molecule has 1 atom stereocenters. The number of methoxy groups -OCH3 is 1. The fraction of sp³-hybridized carbons (Fsp3) is 0.667. The lowest BCUT2D eigenvalue weighted by atomic mass is 9.98. The molecular weight excluding hydrogens is 318 g/mol. The van der Waals surface area contributed by atoms with E-state index in [1.165, 1.54) is 12.8 Å². The van der Waals surface area contributed by atoms with Gasteiger partial charge in [-0.1, -0.05) is 0 Å². The molecule has 2 rings (SSSR count). The van der Waals surface area contributed by atoms with Gasteiger partial charge in [-0.3, -0.25) is 0 Å². The summed E-state index contributed by atoms with van der Waals surface area (Å²) in [7, 11) is 1.74. The Hall–Kier alpha value is -0.650. The van der Waals surface area contributed by atoms with E-state index < -0.39 is 0 Å². The van der Waals surface area contributed by atoms with Gasteiger partial charge < -0.3 is 15.0 Å². The minimum Gasteiger partial charge on any atom is -0.383 e. The maximum atomic E-state index is 5.06. The van der Waals surface area contributed by atoms with Crippen molar-refractivity contribution in [1.82, 2.24) is 10.3 Å². The van der Waals surface area contributed by atoms with E-state index in [9.17, 15) is 0 Å². The van der Waals surface area contributed by atoms with Crippen LogP contribution in [0, 0.1) is 12.8 Å². The quantitative estimate of drug-likeness (QED) is 0.807. The summed E-state index contributed by atoms with van der Waals surface area (Å²) < 4.78 is 6.14. The molecular formula is C15H24BrN3O. The Bertz CT molecular complexity index is 428. The van der Waals surface area contributed by atoms with Crippen molar-refractivity contribution in [3.05, 3.63) is 22.3 Å². The van der Waals surface area contributed by atoms with Crippen LogP contribution in [0.3, 0.4) is 0 Å². The van der Waals surface area contributed by atoms with Crippen LogP contribution in [0.5, 0.6) is 0 Å². The molecule has 0 radical (unpaired) electrons. The Kier molecular flexibility index (Phi) is 6.26. The van der Waals surface area contributed by atoms with E-state index >= 15 is 0 Å². The summed E-state index contributed by atoms with van der Waals surface area (Å²) >= 11 is 3.51. The van der Waals surface area contributed by atoms with Gasteiger partial charge in [-0.25, -0.2) is 4.98 Å². The minimum absolute atomic E-state index is 0.700. The average Bonchev–Trinajstić information content (AvgIpc) is 2.47. The van der Waals surface area contributed by atoms with E-state index in [1.54, 1.807) is 7.11 Å². The molecule has 1 aromatic heterocycles. The first-order valence-electron chi connectivity index (χ1n) is 7.28. The van der Waals surface area contributed by atoms with Crippen molar-refractivity contribution in [1.29, 1.82) is 0 Å². The molecule has 1 aliphatic rings. The van der Waals surface area contributed by atoms with E-state index in [-0.39, 0.29) is 0 Å². The highest BCUT2D eigenvalue weighted by Crippen LogP contribution is 2.24.